The van der Waals surface area contributed by atoms with E-state index in [4.69, 9.17) is 5.73 Å². The highest BCUT2D eigenvalue weighted by Crippen LogP contribution is 2.29. The number of fused-ring (bicyclic) bond motifs is 1. The predicted octanol–water partition coefficient (Wildman–Crippen LogP) is 2.24. The van der Waals surface area contributed by atoms with Gasteiger partial charge in [0, 0.05) is 28.5 Å². The van der Waals surface area contributed by atoms with Crippen LogP contribution in [0.4, 0.5) is 0 Å². The van der Waals surface area contributed by atoms with Crippen LogP contribution < -0.4 is 5.73 Å². The summed E-state index contributed by atoms with van der Waals surface area (Å²) in [5, 5.41) is 0.752. The van der Waals surface area contributed by atoms with Gasteiger partial charge in [0.1, 0.15) is 6.04 Å². The maximum Gasteiger partial charge on any atom is 0.327 e. The Kier molecular flexibility index (Phi) is 3.73. The van der Waals surface area contributed by atoms with Gasteiger partial charge in [0.25, 0.3) is 0 Å². The van der Waals surface area contributed by atoms with Crippen molar-refractivity contribution >= 4 is 38.7 Å². The molecule has 100 valence electrons. The van der Waals surface area contributed by atoms with Crippen molar-refractivity contribution in [2.75, 3.05) is 7.11 Å². The summed E-state index contributed by atoms with van der Waals surface area (Å²) >= 11 is 3.36. The molecule has 0 saturated carbocycles. The van der Waals surface area contributed by atoms with E-state index in [1.807, 2.05) is 12.1 Å². The van der Waals surface area contributed by atoms with Gasteiger partial charge in [-0.25, -0.2) is 0 Å². The van der Waals surface area contributed by atoms with E-state index in [1.54, 1.807) is 12.3 Å². The monoisotopic (exact) mass is 324 g/mol. The van der Waals surface area contributed by atoms with Crippen LogP contribution in [0.1, 0.15) is 23.3 Å². The summed E-state index contributed by atoms with van der Waals surface area (Å²) in [6, 6.07) is 4.54. The zero-order chi connectivity index (χ0) is 14.2. The van der Waals surface area contributed by atoms with Gasteiger partial charge in [0.2, 0.25) is 5.91 Å². The second kappa shape index (κ2) is 5.14. The fraction of sp³-hybridized carbons (Fsp3) is 0.231. The molecule has 1 heterocycles. The maximum atomic E-state index is 11.6. The molecule has 1 unspecified atom stereocenters. The van der Waals surface area contributed by atoms with Gasteiger partial charge in [-0.15, -0.1) is 0 Å². The van der Waals surface area contributed by atoms with Crippen molar-refractivity contribution < 1.29 is 14.3 Å². The Morgan fingerprint density at radius 2 is 2.11 bits per heavy atom. The van der Waals surface area contributed by atoms with Gasteiger partial charge >= 0.3 is 5.97 Å². The van der Waals surface area contributed by atoms with Crippen LogP contribution in [-0.4, -0.2) is 23.6 Å². The van der Waals surface area contributed by atoms with Gasteiger partial charge < -0.3 is 10.5 Å². The summed E-state index contributed by atoms with van der Waals surface area (Å²) in [4.78, 5) is 23.2. The third-order valence-electron chi connectivity index (χ3n) is 2.93. The lowest BCUT2D eigenvalue weighted by atomic mass is 10.1. The van der Waals surface area contributed by atoms with E-state index in [9.17, 15) is 9.59 Å². The summed E-state index contributed by atoms with van der Waals surface area (Å²) in [5.41, 5.74) is 7.15. The minimum Gasteiger partial charge on any atom is -0.468 e. The first kappa shape index (κ1) is 13.8. The van der Waals surface area contributed by atoms with Crippen LogP contribution in [0.3, 0.4) is 0 Å². The van der Waals surface area contributed by atoms with Crippen molar-refractivity contribution in [1.82, 2.24) is 4.57 Å². The fourth-order valence-corrected chi connectivity index (χ4v) is 2.35. The number of nitrogens with zero attached hydrogens (tertiary/aromatic N) is 1. The molecule has 0 aliphatic heterocycles. The Hall–Kier alpha value is -1.66. The highest BCUT2D eigenvalue weighted by atomic mass is 79.9. The number of esters is 1. The average Bonchev–Trinajstić information content (AvgIpc) is 2.75. The number of benzene rings is 1. The highest BCUT2D eigenvalue weighted by Gasteiger charge is 2.22. The molecule has 2 rings (SSSR count). The number of carbonyl (C=O) groups excluding carboxylic acids is 2. The van der Waals surface area contributed by atoms with Crippen LogP contribution in [0.25, 0.3) is 10.9 Å². The molecule has 5 nitrogen and oxygen atoms in total. The van der Waals surface area contributed by atoms with Crippen molar-refractivity contribution in [3.8, 4) is 0 Å². The molecule has 0 fully saturated rings. The number of halogens is 1. The van der Waals surface area contributed by atoms with E-state index in [1.165, 1.54) is 18.6 Å². The minimum absolute atomic E-state index is 0.143. The van der Waals surface area contributed by atoms with Crippen LogP contribution in [0.15, 0.2) is 28.9 Å². The average molecular weight is 325 g/mol. The first-order valence-corrected chi connectivity index (χ1v) is 6.40. The molecule has 0 aliphatic carbocycles. The summed E-state index contributed by atoms with van der Waals surface area (Å²) in [7, 11) is 1.28. The number of nitrogens with two attached hydrogens (primary N) is 1. The molecule has 1 atom stereocenters. The standard InChI is InChI=1S/C13H13BrN2O3/c1-7(17)16-6-10(12(15)13(18)19-2)9-5-8(14)3-4-11(9)16/h3-6,12H,15H2,1-2H3. The van der Waals surface area contributed by atoms with Gasteiger partial charge in [-0.2, -0.15) is 0 Å². The number of hydrogen-bond donors (Lipinski definition) is 1. The quantitative estimate of drug-likeness (QED) is 0.860. The van der Waals surface area contributed by atoms with Gasteiger partial charge in [-0.05, 0) is 18.2 Å². The second-order valence-corrected chi connectivity index (χ2v) is 5.05. The van der Waals surface area contributed by atoms with Crippen molar-refractivity contribution in [3.63, 3.8) is 0 Å². The second-order valence-electron chi connectivity index (χ2n) is 4.14. The van der Waals surface area contributed by atoms with Crippen molar-refractivity contribution in [2.24, 2.45) is 5.73 Å². The third-order valence-corrected chi connectivity index (χ3v) is 3.42. The van der Waals surface area contributed by atoms with E-state index in [0.717, 1.165) is 9.86 Å². The molecule has 2 aromatic rings. The Bertz CT molecular complexity index is 663. The number of aromatic nitrogens is 1. The molecule has 0 bridgehead atoms. The zero-order valence-corrected chi connectivity index (χ0v) is 12.1. The molecular formula is C13H13BrN2O3. The van der Waals surface area contributed by atoms with Crippen LogP contribution >= 0.6 is 15.9 Å². The number of ether oxygens (including phenoxy) is 1. The summed E-state index contributed by atoms with van der Waals surface area (Å²) < 4.78 is 6.96. The van der Waals surface area contributed by atoms with E-state index in [0.29, 0.717) is 11.1 Å². The lowest BCUT2D eigenvalue weighted by Crippen LogP contribution is -2.22. The Morgan fingerprint density at radius 3 is 2.68 bits per heavy atom. The molecule has 0 amide bonds. The molecular weight excluding hydrogens is 312 g/mol. The Balaban J connectivity index is 2.70. The van der Waals surface area contributed by atoms with Crippen LogP contribution in [0, 0.1) is 0 Å². The van der Waals surface area contributed by atoms with Crippen LogP contribution in [0.2, 0.25) is 0 Å². The Labute approximate surface area is 118 Å². The Morgan fingerprint density at radius 1 is 1.42 bits per heavy atom. The predicted molar refractivity (Wildman–Crippen MR) is 74.9 cm³/mol. The minimum atomic E-state index is -0.914. The van der Waals surface area contributed by atoms with Crippen molar-refractivity contribution in [2.45, 2.75) is 13.0 Å². The molecule has 19 heavy (non-hydrogen) atoms. The molecule has 0 saturated heterocycles. The SMILES string of the molecule is COC(=O)C(N)c1cn(C(C)=O)c2ccc(Br)cc12. The van der Waals surface area contributed by atoms with E-state index < -0.39 is 12.0 Å². The molecule has 0 aliphatic rings. The fourth-order valence-electron chi connectivity index (χ4n) is 1.99. The molecule has 2 N–H and O–H groups in total. The van der Waals surface area contributed by atoms with Gasteiger partial charge in [-0.3, -0.25) is 14.2 Å². The molecule has 1 aromatic heterocycles. The third kappa shape index (κ3) is 2.41. The van der Waals surface area contributed by atoms with Crippen molar-refractivity contribution in [1.29, 1.82) is 0 Å². The highest BCUT2D eigenvalue weighted by molar-refractivity contribution is 9.10. The number of methoxy groups -OCH3 is 1. The van der Waals surface area contributed by atoms with E-state index in [-0.39, 0.29) is 5.91 Å². The largest absolute Gasteiger partial charge is 0.468 e. The normalized spacial score (nSPS) is 12.4. The van der Waals surface area contributed by atoms with E-state index in [2.05, 4.69) is 20.7 Å². The van der Waals surface area contributed by atoms with E-state index >= 15 is 0 Å². The maximum absolute atomic E-state index is 11.6. The van der Waals surface area contributed by atoms with Crippen molar-refractivity contribution in [3.05, 3.63) is 34.4 Å². The summed E-state index contributed by atoms with van der Waals surface area (Å²) in [5.74, 6) is -0.682. The molecule has 0 radical (unpaired) electrons. The van der Waals surface area contributed by atoms with Gasteiger partial charge in [0.15, 0.2) is 0 Å². The van der Waals surface area contributed by atoms with Gasteiger partial charge in [0.05, 0.1) is 12.6 Å². The number of carbonyl (C=O) groups is 2. The van der Waals surface area contributed by atoms with Crippen LogP contribution in [0.5, 0.6) is 0 Å². The first-order valence-electron chi connectivity index (χ1n) is 5.60. The lowest BCUT2D eigenvalue weighted by molar-refractivity contribution is -0.142. The molecule has 0 spiro atoms. The number of hydrogen-bond acceptors (Lipinski definition) is 4. The first-order chi connectivity index (χ1) is 8.95. The molecule has 1 aromatic carbocycles. The lowest BCUT2D eigenvalue weighted by Gasteiger charge is -2.07. The summed E-state index contributed by atoms with van der Waals surface area (Å²) in [6.45, 7) is 1.45. The topological polar surface area (TPSA) is 74.3 Å². The smallest absolute Gasteiger partial charge is 0.327 e. The molecule has 6 heteroatoms. The zero-order valence-electron chi connectivity index (χ0n) is 10.5. The number of rotatable bonds is 2. The summed E-state index contributed by atoms with van der Waals surface area (Å²) in [6.07, 6.45) is 1.58. The van der Waals surface area contributed by atoms with Gasteiger partial charge in [-0.1, -0.05) is 15.9 Å². The van der Waals surface area contributed by atoms with Crippen LogP contribution in [-0.2, 0) is 9.53 Å².